The van der Waals surface area contributed by atoms with E-state index in [0.717, 1.165) is 12.6 Å². The van der Waals surface area contributed by atoms with Crippen LogP contribution in [-0.2, 0) is 13.2 Å². The molecule has 1 amide bonds. The van der Waals surface area contributed by atoms with Gasteiger partial charge in [-0.15, -0.1) is 0 Å². The number of nitrogens with one attached hydrogen (secondary N) is 1. The lowest BCUT2D eigenvalue weighted by Crippen LogP contribution is -2.39. The normalized spacial score (nSPS) is 19.1. The number of alkyl halides is 3. The second kappa shape index (κ2) is 5.71. The molecule has 0 radical (unpaired) electrons. The molecule has 0 aromatic carbocycles. The summed E-state index contributed by atoms with van der Waals surface area (Å²) in [5.41, 5.74) is -0.383. The predicted molar refractivity (Wildman–Crippen MR) is 74.7 cm³/mol. The molecule has 1 fully saturated rings. The van der Waals surface area contributed by atoms with E-state index in [1.807, 2.05) is 0 Å². The van der Waals surface area contributed by atoms with Crippen LogP contribution in [0.3, 0.4) is 0 Å². The van der Waals surface area contributed by atoms with Crippen molar-refractivity contribution in [3.63, 3.8) is 0 Å². The number of hydrogen-bond acceptors (Lipinski definition) is 3. The minimum atomic E-state index is -4.44. The van der Waals surface area contributed by atoms with E-state index in [1.165, 1.54) is 10.9 Å². The molecule has 9 heteroatoms. The Morgan fingerprint density at radius 1 is 1.39 bits per heavy atom. The number of amides is 1. The summed E-state index contributed by atoms with van der Waals surface area (Å²) >= 11 is 0. The molecule has 1 aliphatic rings. The molecule has 124 valence electrons. The smallest absolute Gasteiger partial charge is 0.338 e. The van der Waals surface area contributed by atoms with Crippen molar-refractivity contribution >= 4 is 5.91 Å². The summed E-state index contributed by atoms with van der Waals surface area (Å²) in [6.07, 6.45) is 0.893. The van der Waals surface area contributed by atoms with Gasteiger partial charge in [-0.3, -0.25) is 9.48 Å². The van der Waals surface area contributed by atoms with Gasteiger partial charge in [-0.1, -0.05) is 0 Å². The van der Waals surface area contributed by atoms with Gasteiger partial charge in [0.05, 0.1) is 18.0 Å². The van der Waals surface area contributed by atoms with Crippen LogP contribution < -0.4 is 0 Å². The summed E-state index contributed by atoms with van der Waals surface area (Å²) in [7, 11) is 1.72. The molecule has 1 aliphatic heterocycles. The van der Waals surface area contributed by atoms with Crippen LogP contribution in [0.25, 0.3) is 0 Å². The van der Waals surface area contributed by atoms with Crippen molar-refractivity contribution in [2.75, 3.05) is 13.1 Å². The van der Waals surface area contributed by atoms with E-state index in [4.69, 9.17) is 0 Å². The molecule has 3 heterocycles. The molecule has 0 aliphatic carbocycles. The van der Waals surface area contributed by atoms with Gasteiger partial charge in [0, 0.05) is 32.3 Å². The van der Waals surface area contributed by atoms with Crippen LogP contribution in [0.5, 0.6) is 0 Å². The Morgan fingerprint density at radius 3 is 2.78 bits per heavy atom. The third-order valence-corrected chi connectivity index (χ3v) is 3.95. The zero-order chi connectivity index (χ0) is 16.6. The number of hydrogen-bond donors (Lipinski definition) is 1. The topological polar surface area (TPSA) is 66.8 Å². The number of piperidine rings is 1. The van der Waals surface area contributed by atoms with Crippen LogP contribution in [0.1, 0.15) is 40.6 Å². The lowest BCUT2D eigenvalue weighted by molar-refractivity contribution is -0.141. The molecule has 2 aromatic heterocycles. The Kier molecular flexibility index (Phi) is 3.87. The fraction of sp³-hybridized carbons (Fsp3) is 0.500. The minimum absolute atomic E-state index is 0.162. The number of likely N-dealkylation sites (tertiary alicyclic amines) is 1. The van der Waals surface area contributed by atoms with Crippen molar-refractivity contribution in [2.45, 2.75) is 24.9 Å². The Hall–Kier alpha value is -2.32. The summed E-state index contributed by atoms with van der Waals surface area (Å²) < 4.78 is 39.5. The van der Waals surface area contributed by atoms with Gasteiger partial charge in [-0.25, -0.2) is 4.98 Å². The average molecular weight is 327 g/mol. The van der Waals surface area contributed by atoms with Gasteiger partial charge in [0.15, 0.2) is 0 Å². The average Bonchev–Trinajstić information content (AvgIpc) is 3.15. The quantitative estimate of drug-likeness (QED) is 0.919. The number of carbonyl (C=O) groups excluding carboxylic acids is 1. The molecule has 1 N–H and O–H groups in total. The van der Waals surface area contributed by atoms with Crippen LogP contribution >= 0.6 is 0 Å². The number of nitrogens with zero attached hydrogens (tertiary/aromatic N) is 4. The van der Waals surface area contributed by atoms with Gasteiger partial charge in [0.1, 0.15) is 11.5 Å². The van der Waals surface area contributed by atoms with Crippen LogP contribution in [-0.4, -0.2) is 43.6 Å². The standard InChI is InChI=1S/C14H16F3N5O/c1-21-7-10(5-19-21)13(23)22-4-2-3-9(8-22)12-18-6-11(20-12)14(15,16)17/h5-7,9H,2-4,8H2,1H3,(H,18,20)/t9-/m0/s1. The summed E-state index contributed by atoms with van der Waals surface area (Å²) in [6.45, 7) is 0.926. The van der Waals surface area contributed by atoms with Gasteiger partial charge in [-0.2, -0.15) is 18.3 Å². The molecular weight excluding hydrogens is 311 g/mol. The first-order valence-electron chi connectivity index (χ1n) is 7.24. The highest BCUT2D eigenvalue weighted by Gasteiger charge is 2.35. The summed E-state index contributed by atoms with van der Waals surface area (Å²) in [6, 6.07) is 0. The number of H-pyrrole nitrogens is 1. The van der Waals surface area contributed by atoms with Crippen molar-refractivity contribution in [3.8, 4) is 0 Å². The second-order valence-corrected chi connectivity index (χ2v) is 5.67. The van der Waals surface area contributed by atoms with Crippen LogP contribution in [0.4, 0.5) is 13.2 Å². The van der Waals surface area contributed by atoms with E-state index in [0.29, 0.717) is 25.1 Å². The van der Waals surface area contributed by atoms with Crippen molar-refractivity contribution in [1.29, 1.82) is 0 Å². The van der Waals surface area contributed by atoms with Crippen molar-refractivity contribution in [3.05, 3.63) is 35.7 Å². The van der Waals surface area contributed by atoms with Crippen molar-refractivity contribution in [2.24, 2.45) is 7.05 Å². The maximum atomic E-state index is 12.7. The molecule has 0 saturated carbocycles. The maximum absolute atomic E-state index is 12.7. The molecule has 0 spiro atoms. The molecule has 0 unspecified atom stereocenters. The number of halogens is 3. The van der Waals surface area contributed by atoms with Crippen LogP contribution in [0.2, 0.25) is 0 Å². The first-order chi connectivity index (χ1) is 10.8. The molecule has 3 rings (SSSR count). The molecule has 2 aromatic rings. The SMILES string of the molecule is Cn1cc(C(=O)N2CCC[C@H](c3ncc(C(F)(F)F)[nH]3)C2)cn1. The third-order valence-electron chi connectivity index (χ3n) is 3.95. The number of aryl methyl sites for hydroxylation is 1. The monoisotopic (exact) mass is 327 g/mol. The van der Waals surface area contributed by atoms with Gasteiger partial charge in [0.2, 0.25) is 0 Å². The lowest BCUT2D eigenvalue weighted by Gasteiger charge is -2.31. The van der Waals surface area contributed by atoms with Crippen LogP contribution in [0.15, 0.2) is 18.6 Å². The zero-order valence-electron chi connectivity index (χ0n) is 12.5. The molecular formula is C14H16F3N5O. The Bertz CT molecular complexity index is 705. The second-order valence-electron chi connectivity index (χ2n) is 5.67. The summed E-state index contributed by atoms with van der Waals surface area (Å²) in [4.78, 5) is 20.2. The van der Waals surface area contributed by atoms with Crippen molar-refractivity contribution in [1.82, 2.24) is 24.6 Å². The highest BCUT2D eigenvalue weighted by molar-refractivity contribution is 5.93. The number of imidazole rings is 1. The van der Waals surface area contributed by atoms with E-state index in [2.05, 4.69) is 15.1 Å². The highest BCUT2D eigenvalue weighted by Crippen LogP contribution is 2.31. The molecule has 1 atom stereocenters. The van der Waals surface area contributed by atoms with E-state index in [-0.39, 0.29) is 17.6 Å². The number of aromatic amines is 1. The van der Waals surface area contributed by atoms with Gasteiger partial charge >= 0.3 is 6.18 Å². The third kappa shape index (κ3) is 3.22. The predicted octanol–water partition coefficient (Wildman–Crippen LogP) is 2.18. The number of carbonyl (C=O) groups is 1. The van der Waals surface area contributed by atoms with E-state index < -0.39 is 11.9 Å². The summed E-state index contributed by atoms with van der Waals surface area (Å²) in [5, 5.41) is 3.97. The van der Waals surface area contributed by atoms with Gasteiger partial charge in [-0.05, 0) is 12.8 Å². The Morgan fingerprint density at radius 2 is 2.17 bits per heavy atom. The highest BCUT2D eigenvalue weighted by atomic mass is 19.4. The van der Waals surface area contributed by atoms with Crippen molar-refractivity contribution < 1.29 is 18.0 Å². The zero-order valence-corrected chi connectivity index (χ0v) is 12.5. The first kappa shape index (κ1) is 15.6. The molecule has 0 bridgehead atoms. The van der Waals surface area contributed by atoms with Gasteiger partial charge < -0.3 is 9.88 Å². The van der Waals surface area contributed by atoms with Gasteiger partial charge in [0.25, 0.3) is 5.91 Å². The summed E-state index contributed by atoms with van der Waals surface area (Å²) in [5.74, 6) is -0.105. The molecule has 23 heavy (non-hydrogen) atoms. The number of aromatic nitrogens is 4. The fourth-order valence-corrected chi connectivity index (χ4v) is 2.79. The lowest BCUT2D eigenvalue weighted by atomic mass is 9.97. The molecule has 6 nitrogen and oxygen atoms in total. The van der Waals surface area contributed by atoms with E-state index in [9.17, 15) is 18.0 Å². The minimum Gasteiger partial charge on any atom is -0.338 e. The molecule has 1 saturated heterocycles. The Balaban J connectivity index is 1.73. The number of rotatable bonds is 2. The van der Waals surface area contributed by atoms with Crippen LogP contribution in [0, 0.1) is 0 Å². The largest absolute Gasteiger partial charge is 0.432 e. The maximum Gasteiger partial charge on any atom is 0.432 e. The Labute approximate surface area is 130 Å². The van der Waals surface area contributed by atoms with E-state index in [1.54, 1.807) is 18.1 Å². The fourth-order valence-electron chi connectivity index (χ4n) is 2.79. The van der Waals surface area contributed by atoms with E-state index >= 15 is 0 Å². The first-order valence-corrected chi connectivity index (χ1v) is 7.24.